The minimum atomic E-state index is 0.106. The molecule has 0 atom stereocenters. The van der Waals surface area contributed by atoms with E-state index in [-0.39, 0.29) is 6.98 Å². The number of aryl methyl sites for hydroxylation is 2. The first kappa shape index (κ1) is 13.2. The predicted molar refractivity (Wildman–Crippen MR) is 87.6 cm³/mol. The fraction of sp³-hybridized carbons (Fsp3) is 0.250. The third-order valence-corrected chi connectivity index (χ3v) is 4.34. The van der Waals surface area contributed by atoms with Gasteiger partial charge in [-0.15, -0.1) is 0 Å². The van der Waals surface area contributed by atoms with E-state index in [2.05, 4.69) is 51.4 Å². The number of nitrogens with zero attached hydrogens (tertiary/aromatic N) is 4. The zero-order valence-electron chi connectivity index (χ0n) is 13.2. The summed E-state index contributed by atoms with van der Waals surface area (Å²) in [5, 5.41) is 1.07. The lowest BCUT2D eigenvalue weighted by molar-refractivity contribution is -0.629. The highest BCUT2D eigenvalue weighted by Crippen LogP contribution is 2.36. The van der Waals surface area contributed by atoms with Crippen LogP contribution in [0, 0.1) is 6.92 Å². The van der Waals surface area contributed by atoms with Crippen LogP contribution in [0.5, 0.6) is 0 Å². The fourth-order valence-corrected chi connectivity index (χ4v) is 3.27. The molecule has 0 unspecified atom stereocenters. The highest BCUT2D eigenvalue weighted by atomic mass is 16.4. The summed E-state index contributed by atoms with van der Waals surface area (Å²) in [7, 11) is 4.11. The molecule has 0 aromatic carbocycles. The lowest BCUT2D eigenvalue weighted by atomic mass is 9.64. The van der Waals surface area contributed by atoms with Crippen LogP contribution < -0.4 is 9.40 Å². The van der Waals surface area contributed by atoms with E-state index < -0.39 is 0 Å². The second kappa shape index (κ2) is 4.50. The zero-order chi connectivity index (χ0) is 15.4. The van der Waals surface area contributed by atoms with Crippen molar-refractivity contribution in [2.75, 3.05) is 11.9 Å². The Morgan fingerprint density at radius 3 is 2.77 bits per heavy atom. The van der Waals surface area contributed by atoms with Crippen molar-refractivity contribution in [2.24, 2.45) is 7.05 Å². The van der Waals surface area contributed by atoms with Crippen LogP contribution in [0.25, 0.3) is 17.2 Å². The summed E-state index contributed by atoms with van der Waals surface area (Å²) in [5.74, 6) is 0.873. The van der Waals surface area contributed by atoms with Gasteiger partial charge in [0.1, 0.15) is 0 Å². The van der Waals surface area contributed by atoms with E-state index in [1.165, 1.54) is 5.47 Å². The standard InChI is InChI=1S/C16H18BN4O/c1-11-10-14-13-7-6-12(2)18-15(13)22-16(14)20(4)17(11)21-9-5-8-19(21)3/h5-10H,1-4H3/q+1. The lowest BCUT2D eigenvalue weighted by Gasteiger charge is -2.22. The molecule has 1 aliphatic heterocycles. The van der Waals surface area contributed by atoms with E-state index in [1.807, 2.05) is 32.3 Å². The molecule has 0 spiro atoms. The van der Waals surface area contributed by atoms with E-state index in [9.17, 15) is 0 Å². The van der Waals surface area contributed by atoms with Crippen molar-refractivity contribution >= 4 is 30.0 Å². The summed E-state index contributed by atoms with van der Waals surface area (Å²) in [5.41, 5.74) is 4.06. The Hall–Kier alpha value is -2.50. The van der Waals surface area contributed by atoms with Crippen molar-refractivity contribution in [1.82, 2.24) is 9.67 Å². The van der Waals surface area contributed by atoms with Gasteiger partial charge in [0.2, 0.25) is 5.71 Å². The second-order valence-electron chi connectivity index (χ2n) is 5.94. The van der Waals surface area contributed by atoms with E-state index in [0.29, 0.717) is 5.71 Å². The van der Waals surface area contributed by atoms with Gasteiger partial charge in [-0.1, -0.05) is 0 Å². The molecular weight excluding hydrogens is 275 g/mol. The average Bonchev–Trinajstić information content (AvgIpc) is 3.03. The van der Waals surface area contributed by atoms with E-state index in [4.69, 9.17) is 4.42 Å². The molecule has 1 aliphatic rings. The number of anilines is 1. The number of hydrogen-bond donors (Lipinski definition) is 0. The SMILES string of the molecule is CC1=Cc2c(oc3nc(C)ccc23)N(C)B1[n+]1cccn1C. The van der Waals surface area contributed by atoms with Crippen molar-refractivity contribution in [2.45, 2.75) is 13.8 Å². The number of furan rings is 1. The zero-order valence-corrected chi connectivity index (χ0v) is 13.2. The highest BCUT2D eigenvalue weighted by Gasteiger charge is 2.45. The minimum absolute atomic E-state index is 0.106. The maximum absolute atomic E-state index is 6.05. The maximum atomic E-state index is 6.05. The van der Waals surface area contributed by atoms with Gasteiger partial charge in [-0.25, -0.2) is 4.98 Å². The Bertz CT molecular complexity index is 908. The summed E-state index contributed by atoms with van der Waals surface area (Å²) < 4.78 is 10.3. The average molecular weight is 293 g/mol. The van der Waals surface area contributed by atoms with Crippen molar-refractivity contribution in [1.29, 1.82) is 0 Å². The van der Waals surface area contributed by atoms with Crippen LogP contribution in [-0.4, -0.2) is 23.7 Å². The summed E-state index contributed by atoms with van der Waals surface area (Å²) >= 11 is 0. The van der Waals surface area contributed by atoms with Gasteiger partial charge < -0.3 is 9.23 Å². The Morgan fingerprint density at radius 1 is 1.23 bits per heavy atom. The molecule has 0 saturated heterocycles. The molecule has 3 aromatic heterocycles. The molecule has 22 heavy (non-hydrogen) atoms. The van der Waals surface area contributed by atoms with Crippen molar-refractivity contribution < 1.29 is 9.01 Å². The van der Waals surface area contributed by atoms with Crippen LogP contribution in [-0.2, 0) is 7.05 Å². The highest BCUT2D eigenvalue weighted by molar-refractivity contribution is 6.64. The van der Waals surface area contributed by atoms with Gasteiger partial charge in [0.15, 0.2) is 12.1 Å². The Kier molecular flexibility index (Phi) is 2.70. The molecule has 5 nitrogen and oxygen atoms in total. The number of rotatable bonds is 1. The molecule has 0 amide bonds. The lowest BCUT2D eigenvalue weighted by Crippen LogP contribution is -2.66. The Morgan fingerprint density at radius 2 is 2.05 bits per heavy atom. The number of aromatic nitrogens is 3. The molecule has 0 bridgehead atoms. The van der Waals surface area contributed by atoms with Crippen LogP contribution in [0.3, 0.4) is 0 Å². The molecule has 0 N–H and O–H groups in total. The molecule has 0 radical (unpaired) electrons. The predicted octanol–water partition coefficient (Wildman–Crippen LogP) is 2.19. The monoisotopic (exact) mass is 293 g/mol. The van der Waals surface area contributed by atoms with Gasteiger partial charge >= 0.3 is 6.98 Å². The van der Waals surface area contributed by atoms with E-state index in [1.54, 1.807) is 0 Å². The number of fused-ring (bicyclic) bond motifs is 3. The van der Waals surface area contributed by atoms with Gasteiger partial charge in [0, 0.05) is 35.2 Å². The molecule has 0 aliphatic carbocycles. The van der Waals surface area contributed by atoms with Gasteiger partial charge in [-0.2, -0.15) is 9.27 Å². The summed E-state index contributed by atoms with van der Waals surface area (Å²) in [6, 6.07) is 6.16. The minimum Gasteiger partial charge on any atom is -0.423 e. The molecule has 3 aromatic rings. The number of allylic oxidation sites excluding steroid dienone is 1. The maximum Gasteiger partial charge on any atom is 0.674 e. The quantitative estimate of drug-likeness (QED) is 0.646. The van der Waals surface area contributed by atoms with Gasteiger partial charge in [-0.3, -0.25) is 0 Å². The Balaban J connectivity index is 1.92. The number of pyridine rings is 1. The smallest absolute Gasteiger partial charge is 0.423 e. The molecule has 6 heteroatoms. The normalized spacial score (nSPS) is 14.5. The van der Waals surface area contributed by atoms with Crippen LogP contribution in [0.15, 0.2) is 40.5 Å². The van der Waals surface area contributed by atoms with Crippen molar-refractivity contribution in [3.05, 3.63) is 47.3 Å². The number of hydrogen-bond acceptors (Lipinski definition) is 3. The van der Waals surface area contributed by atoms with Crippen molar-refractivity contribution in [3.63, 3.8) is 0 Å². The first-order chi connectivity index (χ1) is 10.6. The third kappa shape index (κ3) is 1.73. The molecule has 110 valence electrons. The van der Waals surface area contributed by atoms with Crippen LogP contribution >= 0.6 is 0 Å². The van der Waals surface area contributed by atoms with E-state index in [0.717, 1.165) is 22.5 Å². The van der Waals surface area contributed by atoms with E-state index >= 15 is 0 Å². The van der Waals surface area contributed by atoms with Gasteiger partial charge in [0.05, 0.1) is 13.2 Å². The fourth-order valence-electron chi connectivity index (χ4n) is 3.27. The summed E-state index contributed by atoms with van der Waals surface area (Å²) in [6.45, 7) is 4.24. The molecule has 4 heterocycles. The van der Waals surface area contributed by atoms with Crippen LogP contribution in [0.4, 0.5) is 5.88 Å². The summed E-state index contributed by atoms with van der Waals surface area (Å²) in [6.07, 6.45) is 6.33. The summed E-state index contributed by atoms with van der Waals surface area (Å²) in [4.78, 5) is 6.68. The van der Waals surface area contributed by atoms with Crippen LogP contribution in [0.2, 0.25) is 0 Å². The van der Waals surface area contributed by atoms with Gasteiger partial charge in [0.25, 0.3) is 0 Å². The molecule has 0 fully saturated rings. The van der Waals surface area contributed by atoms with Crippen LogP contribution in [0.1, 0.15) is 18.2 Å². The second-order valence-corrected chi connectivity index (χ2v) is 5.94. The first-order valence-electron chi connectivity index (χ1n) is 7.40. The topological polar surface area (TPSA) is 38.1 Å². The van der Waals surface area contributed by atoms with Crippen molar-refractivity contribution in [3.8, 4) is 0 Å². The largest absolute Gasteiger partial charge is 0.674 e. The Labute approximate surface area is 129 Å². The molecular formula is C16H18BN4O+. The first-order valence-corrected chi connectivity index (χ1v) is 7.40. The molecule has 4 rings (SSSR count). The van der Waals surface area contributed by atoms with Gasteiger partial charge in [-0.05, 0) is 32.1 Å². The third-order valence-electron chi connectivity index (χ3n) is 4.34. The molecule has 0 saturated carbocycles.